The molecule has 0 saturated heterocycles. The molecule has 0 bridgehead atoms. The van der Waals surface area contributed by atoms with Gasteiger partial charge in [-0.2, -0.15) is 0 Å². The second-order valence-corrected chi connectivity index (χ2v) is 5.34. The molecule has 0 saturated carbocycles. The maximum atomic E-state index is 10.5. The molecular weight excluding hydrogens is 248 g/mol. The molecule has 2 nitrogen and oxygen atoms in total. The smallest absolute Gasteiger partial charge is 0.307 e. The highest BCUT2D eigenvalue weighted by Gasteiger charge is 1.91. The molecule has 0 amide bonds. The lowest BCUT2D eigenvalue weighted by molar-refractivity contribution is -0.135. The first-order valence-electron chi connectivity index (χ1n) is 8.26. The Balaban J connectivity index is 3.14. The van der Waals surface area contributed by atoms with Gasteiger partial charge in [-0.15, -0.1) is 0 Å². The minimum Gasteiger partial charge on any atom is -0.435 e. The van der Waals surface area contributed by atoms with Crippen molar-refractivity contribution in [2.24, 2.45) is 0 Å². The molecule has 0 heterocycles. The zero-order chi connectivity index (χ0) is 14.9. The summed E-state index contributed by atoms with van der Waals surface area (Å²) < 4.78 is 4.68. The van der Waals surface area contributed by atoms with Crippen molar-refractivity contribution in [3.8, 4) is 0 Å². The van der Waals surface area contributed by atoms with Crippen molar-refractivity contribution in [1.82, 2.24) is 0 Å². The third kappa shape index (κ3) is 16.9. The fourth-order valence-electron chi connectivity index (χ4n) is 2.10. The molecule has 116 valence electrons. The number of carbonyl (C=O) groups is 1. The highest BCUT2D eigenvalue weighted by molar-refractivity contribution is 5.66. The van der Waals surface area contributed by atoms with E-state index in [0.29, 0.717) is 0 Å². The van der Waals surface area contributed by atoms with Gasteiger partial charge < -0.3 is 4.74 Å². The van der Waals surface area contributed by atoms with Crippen molar-refractivity contribution < 1.29 is 9.53 Å². The van der Waals surface area contributed by atoms with Gasteiger partial charge in [0, 0.05) is 6.92 Å². The third-order valence-electron chi connectivity index (χ3n) is 3.28. The number of esters is 1. The number of carbonyl (C=O) groups excluding carboxylic acids is 1. The first kappa shape index (κ1) is 18.9. The average molecular weight is 280 g/mol. The SMILES string of the molecule is CCCCCCCCCCCC/C=C\C=C\OC(C)=O. The van der Waals surface area contributed by atoms with Crippen molar-refractivity contribution in [3.63, 3.8) is 0 Å². The molecule has 20 heavy (non-hydrogen) atoms. The Hall–Kier alpha value is -1.05. The lowest BCUT2D eigenvalue weighted by Gasteiger charge is -2.01. The minimum absolute atomic E-state index is 0.274. The molecule has 0 N–H and O–H groups in total. The molecule has 0 radical (unpaired) electrons. The van der Waals surface area contributed by atoms with Crippen molar-refractivity contribution in [2.75, 3.05) is 0 Å². The summed E-state index contributed by atoms with van der Waals surface area (Å²) in [5.74, 6) is -0.274. The molecule has 0 atom stereocenters. The van der Waals surface area contributed by atoms with Crippen LogP contribution in [0.15, 0.2) is 24.5 Å². The van der Waals surface area contributed by atoms with Crippen LogP contribution >= 0.6 is 0 Å². The number of hydrogen-bond donors (Lipinski definition) is 0. The van der Waals surface area contributed by atoms with E-state index in [0.717, 1.165) is 6.42 Å². The van der Waals surface area contributed by atoms with E-state index in [1.165, 1.54) is 77.4 Å². The number of allylic oxidation sites excluding steroid dienone is 3. The zero-order valence-electron chi connectivity index (χ0n) is 13.4. The van der Waals surface area contributed by atoms with E-state index in [4.69, 9.17) is 0 Å². The summed E-state index contributed by atoms with van der Waals surface area (Å²) in [6, 6.07) is 0. The van der Waals surface area contributed by atoms with Gasteiger partial charge in [0.15, 0.2) is 0 Å². The van der Waals surface area contributed by atoms with Crippen LogP contribution in [0.2, 0.25) is 0 Å². The van der Waals surface area contributed by atoms with Crippen molar-refractivity contribution in [1.29, 1.82) is 0 Å². The van der Waals surface area contributed by atoms with Gasteiger partial charge in [-0.1, -0.05) is 76.9 Å². The quantitative estimate of drug-likeness (QED) is 0.181. The van der Waals surface area contributed by atoms with E-state index >= 15 is 0 Å². The Kier molecular flexibility index (Phi) is 15.2. The Bertz CT molecular complexity index is 267. The van der Waals surface area contributed by atoms with Gasteiger partial charge in [-0.3, -0.25) is 4.79 Å². The molecule has 0 rings (SSSR count). The van der Waals surface area contributed by atoms with E-state index < -0.39 is 0 Å². The topological polar surface area (TPSA) is 26.3 Å². The summed E-state index contributed by atoms with van der Waals surface area (Å²) in [6.45, 7) is 3.67. The first-order valence-corrected chi connectivity index (χ1v) is 8.26. The second-order valence-electron chi connectivity index (χ2n) is 5.34. The van der Waals surface area contributed by atoms with Crippen LogP contribution in [0, 0.1) is 0 Å². The fourth-order valence-corrected chi connectivity index (χ4v) is 2.10. The summed E-state index contributed by atoms with van der Waals surface area (Å²) in [6.07, 6.45) is 22.1. The van der Waals surface area contributed by atoms with Crippen molar-refractivity contribution in [3.05, 3.63) is 24.5 Å². The van der Waals surface area contributed by atoms with Crippen molar-refractivity contribution >= 4 is 5.97 Å². The average Bonchev–Trinajstić information content (AvgIpc) is 2.43. The molecule has 0 aromatic heterocycles. The van der Waals surface area contributed by atoms with E-state index in [1.807, 2.05) is 6.08 Å². The number of rotatable bonds is 13. The van der Waals surface area contributed by atoms with E-state index in [1.54, 1.807) is 6.08 Å². The largest absolute Gasteiger partial charge is 0.435 e. The van der Waals surface area contributed by atoms with Crippen LogP contribution in [0.3, 0.4) is 0 Å². The number of hydrogen-bond acceptors (Lipinski definition) is 2. The van der Waals surface area contributed by atoms with Crippen LogP contribution in [0.25, 0.3) is 0 Å². The molecule has 0 aliphatic rings. The van der Waals surface area contributed by atoms with Crippen LogP contribution in [-0.4, -0.2) is 5.97 Å². The molecule has 0 aliphatic heterocycles. The minimum atomic E-state index is -0.274. The van der Waals surface area contributed by atoms with Gasteiger partial charge in [0.1, 0.15) is 0 Å². The monoisotopic (exact) mass is 280 g/mol. The standard InChI is InChI=1S/C18H32O2/c1-3-4-5-6-7-8-9-10-11-12-13-14-15-16-17-20-18(2)19/h14-17H,3-13H2,1-2H3/b15-14-,17-16+. The van der Waals surface area contributed by atoms with Crippen molar-refractivity contribution in [2.45, 2.75) is 84.5 Å². The van der Waals surface area contributed by atoms with Gasteiger partial charge in [0.2, 0.25) is 0 Å². The Morgan fingerprint density at radius 2 is 1.40 bits per heavy atom. The van der Waals surface area contributed by atoms with E-state index in [9.17, 15) is 4.79 Å². The van der Waals surface area contributed by atoms with Crippen LogP contribution in [0.1, 0.15) is 84.5 Å². The Morgan fingerprint density at radius 3 is 1.95 bits per heavy atom. The second kappa shape index (κ2) is 16.0. The molecular formula is C18H32O2. The Morgan fingerprint density at radius 1 is 0.850 bits per heavy atom. The number of unbranched alkanes of at least 4 members (excludes halogenated alkanes) is 10. The van der Waals surface area contributed by atoms with Crippen LogP contribution in [-0.2, 0) is 9.53 Å². The molecule has 0 aromatic rings. The predicted octanol–water partition coefficient (Wildman–Crippen LogP) is 5.93. The van der Waals surface area contributed by atoms with Gasteiger partial charge in [0.25, 0.3) is 0 Å². The molecule has 0 unspecified atom stereocenters. The first-order chi connectivity index (χ1) is 9.77. The zero-order valence-corrected chi connectivity index (χ0v) is 13.4. The summed E-state index contributed by atoms with van der Waals surface area (Å²) in [5, 5.41) is 0. The van der Waals surface area contributed by atoms with Crippen LogP contribution in [0.4, 0.5) is 0 Å². The van der Waals surface area contributed by atoms with Crippen LogP contribution < -0.4 is 0 Å². The lowest BCUT2D eigenvalue weighted by Crippen LogP contribution is -1.88. The molecule has 0 fully saturated rings. The maximum absolute atomic E-state index is 10.5. The van der Waals surface area contributed by atoms with E-state index in [-0.39, 0.29) is 5.97 Å². The highest BCUT2D eigenvalue weighted by Crippen LogP contribution is 2.11. The van der Waals surface area contributed by atoms with Gasteiger partial charge in [-0.25, -0.2) is 0 Å². The Labute approximate surface area is 125 Å². The van der Waals surface area contributed by atoms with Gasteiger partial charge >= 0.3 is 5.97 Å². The normalized spacial score (nSPS) is 11.5. The molecule has 0 aromatic carbocycles. The van der Waals surface area contributed by atoms with Gasteiger partial charge in [0.05, 0.1) is 6.26 Å². The number of ether oxygens (including phenoxy) is 1. The summed E-state index contributed by atoms with van der Waals surface area (Å²) in [7, 11) is 0. The molecule has 2 heteroatoms. The lowest BCUT2D eigenvalue weighted by atomic mass is 10.1. The fraction of sp³-hybridized carbons (Fsp3) is 0.722. The van der Waals surface area contributed by atoms with Crippen LogP contribution in [0.5, 0.6) is 0 Å². The van der Waals surface area contributed by atoms with Gasteiger partial charge in [-0.05, 0) is 18.9 Å². The predicted molar refractivity (Wildman–Crippen MR) is 86.5 cm³/mol. The molecule has 0 spiro atoms. The summed E-state index contributed by atoms with van der Waals surface area (Å²) in [4.78, 5) is 10.5. The summed E-state index contributed by atoms with van der Waals surface area (Å²) in [5.41, 5.74) is 0. The maximum Gasteiger partial charge on any atom is 0.307 e. The summed E-state index contributed by atoms with van der Waals surface area (Å²) >= 11 is 0. The van der Waals surface area contributed by atoms with E-state index in [2.05, 4.69) is 17.7 Å². The third-order valence-corrected chi connectivity index (χ3v) is 3.28. The molecule has 0 aliphatic carbocycles. The highest BCUT2D eigenvalue weighted by atomic mass is 16.5.